The Kier molecular flexibility index (Phi) is 7.43. The van der Waals surface area contributed by atoms with Crippen molar-refractivity contribution in [3.8, 4) is 5.88 Å². The second-order valence-electron chi connectivity index (χ2n) is 6.01. The molecular weight excluding hydrogens is 402 g/mol. The van der Waals surface area contributed by atoms with Crippen LogP contribution in [0.5, 0.6) is 5.88 Å². The largest absolute Gasteiger partial charge is 0.480 e. The Hall–Kier alpha value is -2.10. The number of aromatic nitrogens is 2. The molecule has 1 aromatic heterocycles. The third-order valence-electron chi connectivity index (χ3n) is 4.09. The third-order valence-corrected chi connectivity index (χ3v) is 4.63. The van der Waals surface area contributed by atoms with Crippen LogP contribution < -0.4 is 15.0 Å². The van der Waals surface area contributed by atoms with Gasteiger partial charge in [-0.05, 0) is 15.9 Å². The fourth-order valence-electron chi connectivity index (χ4n) is 2.59. The van der Waals surface area contributed by atoms with E-state index in [9.17, 15) is 4.79 Å². The van der Waals surface area contributed by atoms with E-state index in [0.29, 0.717) is 24.8 Å². The van der Waals surface area contributed by atoms with Crippen molar-refractivity contribution in [3.63, 3.8) is 0 Å². The normalized spacial score (nSPS) is 15.0. The summed E-state index contributed by atoms with van der Waals surface area (Å²) in [6.07, 6.45) is 2.15. The minimum absolute atomic E-state index is 0.0964. The Balaban J connectivity index is 1.87. The number of amides is 1. The van der Waals surface area contributed by atoms with Crippen LogP contribution in [0.2, 0.25) is 0 Å². The molecule has 1 aromatic rings. The molecule has 1 amide bonds. The number of rotatable bonds is 5. The number of guanidine groups is 1. The first-order valence-electron chi connectivity index (χ1n) is 8.43. The molecule has 1 saturated heterocycles. The Morgan fingerprint density at radius 1 is 1.38 bits per heavy atom. The van der Waals surface area contributed by atoms with Crippen LogP contribution in [0.15, 0.2) is 15.7 Å². The highest BCUT2D eigenvalue weighted by Crippen LogP contribution is 2.23. The van der Waals surface area contributed by atoms with Crippen molar-refractivity contribution in [2.75, 3.05) is 65.9 Å². The number of carbonyl (C=O) groups is 1. The predicted molar refractivity (Wildman–Crippen MR) is 105 cm³/mol. The van der Waals surface area contributed by atoms with Crippen molar-refractivity contribution in [1.82, 2.24) is 25.1 Å². The molecule has 0 atom stereocenters. The molecular formula is C16H26BrN7O2. The molecule has 1 fully saturated rings. The summed E-state index contributed by atoms with van der Waals surface area (Å²) in [5.41, 5.74) is 0. The maximum atomic E-state index is 11.7. The highest BCUT2D eigenvalue weighted by molar-refractivity contribution is 9.10. The maximum absolute atomic E-state index is 11.7. The van der Waals surface area contributed by atoms with E-state index < -0.39 is 0 Å². The first-order chi connectivity index (χ1) is 12.5. The number of piperazine rings is 1. The van der Waals surface area contributed by atoms with E-state index in [1.54, 1.807) is 39.3 Å². The van der Waals surface area contributed by atoms with Crippen LogP contribution in [0.25, 0.3) is 0 Å². The number of halogens is 1. The molecule has 0 unspecified atom stereocenters. The van der Waals surface area contributed by atoms with Crippen LogP contribution in [0.1, 0.15) is 6.42 Å². The van der Waals surface area contributed by atoms with Crippen molar-refractivity contribution in [2.45, 2.75) is 6.42 Å². The number of hydrogen-bond donors (Lipinski definition) is 1. The van der Waals surface area contributed by atoms with Gasteiger partial charge in [-0.15, -0.1) is 0 Å². The average Bonchev–Trinajstić information content (AvgIpc) is 2.65. The molecule has 1 aliphatic heterocycles. The highest BCUT2D eigenvalue weighted by Gasteiger charge is 2.22. The van der Waals surface area contributed by atoms with Gasteiger partial charge in [-0.3, -0.25) is 9.79 Å². The van der Waals surface area contributed by atoms with E-state index in [1.165, 1.54) is 0 Å². The summed E-state index contributed by atoms with van der Waals surface area (Å²) in [5.74, 6) is 2.09. The molecule has 144 valence electrons. The topological polar surface area (TPSA) is 86.2 Å². The molecule has 0 saturated carbocycles. The van der Waals surface area contributed by atoms with Gasteiger partial charge in [-0.1, -0.05) is 0 Å². The van der Waals surface area contributed by atoms with Gasteiger partial charge in [0.2, 0.25) is 17.7 Å². The van der Waals surface area contributed by atoms with E-state index in [0.717, 1.165) is 36.6 Å². The molecule has 0 aliphatic carbocycles. The number of carbonyl (C=O) groups excluding carboxylic acids is 1. The smallest absolute Gasteiger partial charge is 0.232 e. The second-order valence-corrected chi connectivity index (χ2v) is 6.87. The van der Waals surface area contributed by atoms with E-state index >= 15 is 0 Å². The molecule has 0 aromatic carbocycles. The summed E-state index contributed by atoms with van der Waals surface area (Å²) in [6, 6.07) is 0. The Bertz CT molecular complexity index is 645. The zero-order valence-electron chi connectivity index (χ0n) is 15.7. The Labute approximate surface area is 162 Å². The fraction of sp³-hybridized carbons (Fsp3) is 0.625. The van der Waals surface area contributed by atoms with Gasteiger partial charge in [-0.25, -0.2) is 4.98 Å². The van der Waals surface area contributed by atoms with Crippen LogP contribution in [0, 0.1) is 0 Å². The second kappa shape index (κ2) is 9.56. The molecule has 10 heteroatoms. The number of ether oxygens (including phenoxy) is 1. The van der Waals surface area contributed by atoms with Gasteiger partial charge in [0.1, 0.15) is 0 Å². The fourth-order valence-corrected chi connectivity index (χ4v) is 2.95. The summed E-state index contributed by atoms with van der Waals surface area (Å²) in [7, 11) is 6.86. The van der Waals surface area contributed by atoms with Crippen molar-refractivity contribution in [3.05, 3.63) is 10.7 Å². The van der Waals surface area contributed by atoms with Gasteiger partial charge < -0.3 is 24.8 Å². The van der Waals surface area contributed by atoms with Crippen molar-refractivity contribution in [1.29, 1.82) is 0 Å². The zero-order chi connectivity index (χ0) is 19.1. The molecule has 1 N–H and O–H groups in total. The molecule has 2 rings (SSSR count). The molecule has 9 nitrogen and oxygen atoms in total. The summed E-state index contributed by atoms with van der Waals surface area (Å²) in [6.45, 7) is 3.72. The van der Waals surface area contributed by atoms with Crippen molar-refractivity contribution in [2.24, 2.45) is 4.99 Å². The van der Waals surface area contributed by atoms with E-state index in [-0.39, 0.29) is 5.91 Å². The number of nitrogens with one attached hydrogen (secondary N) is 1. The summed E-state index contributed by atoms with van der Waals surface area (Å²) >= 11 is 3.37. The van der Waals surface area contributed by atoms with Crippen LogP contribution in [0.3, 0.4) is 0 Å². The summed E-state index contributed by atoms with van der Waals surface area (Å²) in [4.78, 5) is 30.7. The number of hydrogen-bond acceptors (Lipinski definition) is 6. The van der Waals surface area contributed by atoms with Crippen LogP contribution in [-0.2, 0) is 4.79 Å². The minimum atomic E-state index is 0.0964. The van der Waals surface area contributed by atoms with Crippen LogP contribution in [-0.4, -0.2) is 92.6 Å². The Morgan fingerprint density at radius 3 is 2.65 bits per heavy atom. The Morgan fingerprint density at radius 2 is 2.08 bits per heavy atom. The molecule has 1 aliphatic rings. The van der Waals surface area contributed by atoms with E-state index in [1.807, 2.05) is 0 Å². The highest BCUT2D eigenvalue weighted by atomic mass is 79.9. The van der Waals surface area contributed by atoms with E-state index in [2.05, 4.69) is 46.0 Å². The monoisotopic (exact) mass is 427 g/mol. The van der Waals surface area contributed by atoms with E-state index in [4.69, 9.17) is 4.74 Å². The number of anilines is 1. The lowest BCUT2D eigenvalue weighted by atomic mass is 10.3. The summed E-state index contributed by atoms with van der Waals surface area (Å²) in [5, 5.41) is 3.26. The quantitative estimate of drug-likeness (QED) is 0.538. The number of aliphatic imine (C=N–C) groups is 1. The van der Waals surface area contributed by atoms with Crippen molar-refractivity contribution >= 4 is 33.7 Å². The number of nitrogens with zero attached hydrogens (tertiary/aromatic N) is 6. The SMILES string of the molecule is CN=C(NCCC(=O)N(C)C)N1CCN(c2ncc(Br)c(OC)n2)CC1. The first kappa shape index (κ1) is 20.2. The molecule has 0 bridgehead atoms. The summed E-state index contributed by atoms with van der Waals surface area (Å²) < 4.78 is 5.97. The molecule has 26 heavy (non-hydrogen) atoms. The standard InChI is InChI=1S/C16H26BrN7O2/c1-18-15(19-6-5-13(25)22(2)3)23-7-9-24(10-8-23)16-20-11-12(17)14(21-16)26-4/h11H,5-10H2,1-4H3,(H,18,19). The number of methoxy groups -OCH3 is 1. The van der Waals surface area contributed by atoms with Gasteiger partial charge in [0, 0.05) is 60.3 Å². The first-order valence-corrected chi connectivity index (χ1v) is 9.22. The molecule has 0 radical (unpaired) electrons. The molecule has 0 spiro atoms. The van der Waals surface area contributed by atoms with Crippen LogP contribution >= 0.6 is 15.9 Å². The maximum Gasteiger partial charge on any atom is 0.232 e. The zero-order valence-corrected chi connectivity index (χ0v) is 17.3. The lowest BCUT2D eigenvalue weighted by Gasteiger charge is -2.36. The lowest BCUT2D eigenvalue weighted by molar-refractivity contribution is -0.128. The third kappa shape index (κ3) is 5.20. The minimum Gasteiger partial charge on any atom is -0.480 e. The van der Waals surface area contributed by atoms with Gasteiger partial charge >= 0.3 is 0 Å². The lowest BCUT2D eigenvalue weighted by Crippen LogP contribution is -2.53. The van der Waals surface area contributed by atoms with Gasteiger partial charge in [0.05, 0.1) is 17.8 Å². The molecule has 2 heterocycles. The van der Waals surface area contributed by atoms with Crippen LogP contribution in [0.4, 0.5) is 5.95 Å². The van der Waals surface area contributed by atoms with Crippen molar-refractivity contribution < 1.29 is 9.53 Å². The van der Waals surface area contributed by atoms with Gasteiger partial charge in [0.25, 0.3) is 0 Å². The van der Waals surface area contributed by atoms with Gasteiger partial charge in [0.15, 0.2) is 5.96 Å². The average molecular weight is 428 g/mol. The predicted octanol–water partition coefficient (Wildman–Crippen LogP) is 0.423. The van der Waals surface area contributed by atoms with Gasteiger partial charge in [-0.2, -0.15) is 4.98 Å².